The molecule has 0 spiro atoms. The number of carbonyl (C=O) groups is 1. The molecule has 0 bridgehead atoms. The van der Waals surface area contributed by atoms with Gasteiger partial charge in [-0.2, -0.15) is 0 Å². The van der Waals surface area contributed by atoms with Crippen molar-refractivity contribution in [2.24, 2.45) is 5.73 Å². The van der Waals surface area contributed by atoms with E-state index in [-0.39, 0.29) is 12.5 Å². The summed E-state index contributed by atoms with van der Waals surface area (Å²) >= 11 is 0. The SMILES string of the molecule is NCC#Cc1cnccc1C(=O)NCCn1ccnn1. The van der Waals surface area contributed by atoms with Crippen LogP contribution in [-0.2, 0) is 6.54 Å². The van der Waals surface area contributed by atoms with Gasteiger partial charge in [-0.3, -0.25) is 14.5 Å². The molecule has 1 amide bonds. The van der Waals surface area contributed by atoms with Crippen LogP contribution in [0.2, 0.25) is 0 Å². The maximum Gasteiger partial charge on any atom is 0.252 e. The summed E-state index contributed by atoms with van der Waals surface area (Å²) in [5.74, 6) is 5.35. The van der Waals surface area contributed by atoms with Crippen molar-refractivity contribution >= 4 is 5.91 Å². The smallest absolute Gasteiger partial charge is 0.252 e. The average molecular weight is 270 g/mol. The first-order valence-electron chi connectivity index (χ1n) is 6.06. The zero-order chi connectivity index (χ0) is 14.2. The Labute approximate surface area is 116 Å². The number of amides is 1. The zero-order valence-corrected chi connectivity index (χ0v) is 10.8. The van der Waals surface area contributed by atoms with E-state index in [1.54, 1.807) is 35.5 Å². The molecule has 20 heavy (non-hydrogen) atoms. The van der Waals surface area contributed by atoms with Crippen molar-refractivity contribution in [3.05, 3.63) is 42.0 Å². The minimum atomic E-state index is -0.200. The van der Waals surface area contributed by atoms with E-state index in [4.69, 9.17) is 5.73 Å². The van der Waals surface area contributed by atoms with Crippen LogP contribution in [0.15, 0.2) is 30.9 Å². The zero-order valence-electron chi connectivity index (χ0n) is 10.8. The molecule has 102 valence electrons. The van der Waals surface area contributed by atoms with Crippen LogP contribution >= 0.6 is 0 Å². The van der Waals surface area contributed by atoms with Gasteiger partial charge in [-0.1, -0.05) is 17.1 Å². The van der Waals surface area contributed by atoms with Crippen LogP contribution in [0.3, 0.4) is 0 Å². The maximum atomic E-state index is 12.1. The third-order valence-corrected chi connectivity index (χ3v) is 2.49. The Balaban J connectivity index is 1.98. The van der Waals surface area contributed by atoms with Crippen LogP contribution < -0.4 is 11.1 Å². The topological polar surface area (TPSA) is 98.7 Å². The molecule has 7 heteroatoms. The van der Waals surface area contributed by atoms with Crippen molar-refractivity contribution in [1.82, 2.24) is 25.3 Å². The molecule has 7 nitrogen and oxygen atoms in total. The van der Waals surface area contributed by atoms with Gasteiger partial charge in [0, 0.05) is 25.1 Å². The fourth-order valence-corrected chi connectivity index (χ4v) is 1.57. The first-order valence-corrected chi connectivity index (χ1v) is 6.06. The third kappa shape index (κ3) is 3.63. The van der Waals surface area contributed by atoms with Gasteiger partial charge in [0.1, 0.15) is 0 Å². The van der Waals surface area contributed by atoms with Gasteiger partial charge in [-0.15, -0.1) is 5.10 Å². The van der Waals surface area contributed by atoms with Crippen LogP contribution in [0.1, 0.15) is 15.9 Å². The maximum absolute atomic E-state index is 12.1. The molecule has 0 saturated carbocycles. The number of nitrogens with one attached hydrogen (secondary N) is 1. The van der Waals surface area contributed by atoms with Crippen LogP contribution in [0, 0.1) is 11.8 Å². The summed E-state index contributed by atoms with van der Waals surface area (Å²) in [7, 11) is 0. The van der Waals surface area contributed by atoms with Gasteiger partial charge in [-0.25, -0.2) is 0 Å². The lowest BCUT2D eigenvalue weighted by atomic mass is 10.1. The second-order valence-corrected chi connectivity index (χ2v) is 3.85. The van der Waals surface area contributed by atoms with Gasteiger partial charge >= 0.3 is 0 Å². The van der Waals surface area contributed by atoms with E-state index >= 15 is 0 Å². The van der Waals surface area contributed by atoms with Gasteiger partial charge in [0.05, 0.1) is 30.4 Å². The lowest BCUT2D eigenvalue weighted by Gasteiger charge is -2.06. The van der Waals surface area contributed by atoms with Crippen molar-refractivity contribution in [2.75, 3.05) is 13.1 Å². The Morgan fingerprint density at radius 2 is 2.35 bits per heavy atom. The molecule has 0 unspecified atom stereocenters. The summed E-state index contributed by atoms with van der Waals surface area (Å²) in [4.78, 5) is 16.0. The molecule has 0 radical (unpaired) electrons. The molecular formula is C13H14N6O. The van der Waals surface area contributed by atoms with E-state index in [1.165, 1.54) is 0 Å². The number of nitrogens with two attached hydrogens (primary N) is 1. The Hall–Kier alpha value is -2.72. The van der Waals surface area contributed by atoms with Crippen LogP contribution in [0.4, 0.5) is 0 Å². The van der Waals surface area contributed by atoms with Gasteiger partial charge in [0.15, 0.2) is 0 Å². The molecule has 2 aromatic heterocycles. The van der Waals surface area contributed by atoms with Gasteiger partial charge < -0.3 is 11.1 Å². The molecule has 0 aromatic carbocycles. The minimum Gasteiger partial charge on any atom is -0.350 e. The van der Waals surface area contributed by atoms with Crippen molar-refractivity contribution < 1.29 is 4.79 Å². The molecule has 0 aliphatic heterocycles. The minimum absolute atomic E-state index is 0.200. The molecule has 0 saturated heterocycles. The fourth-order valence-electron chi connectivity index (χ4n) is 1.57. The second-order valence-electron chi connectivity index (χ2n) is 3.85. The van der Waals surface area contributed by atoms with E-state index in [1.807, 2.05) is 0 Å². The molecule has 0 fully saturated rings. The van der Waals surface area contributed by atoms with Gasteiger partial charge in [0.25, 0.3) is 5.91 Å². The molecule has 0 aliphatic rings. The van der Waals surface area contributed by atoms with Gasteiger partial charge in [-0.05, 0) is 6.07 Å². The summed E-state index contributed by atoms with van der Waals surface area (Å²) in [6.45, 7) is 1.25. The number of hydrogen-bond acceptors (Lipinski definition) is 5. The van der Waals surface area contributed by atoms with Crippen molar-refractivity contribution in [2.45, 2.75) is 6.54 Å². The number of nitrogens with zero attached hydrogens (tertiary/aromatic N) is 4. The highest BCUT2D eigenvalue weighted by molar-refractivity contribution is 5.96. The molecule has 2 aromatic rings. The first-order chi connectivity index (χ1) is 9.81. The van der Waals surface area contributed by atoms with Crippen LogP contribution in [0.25, 0.3) is 0 Å². The Bertz CT molecular complexity index is 626. The summed E-state index contributed by atoms with van der Waals surface area (Å²) in [5.41, 5.74) is 6.38. The highest BCUT2D eigenvalue weighted by Crippen LogP contribution is 2.05. The van der Waals surface area contributed by atoms with Crippen LogP contribution in [0.5, 0.6) is 0 Å². The van der Waals surface area contributed by atoms with E-state index in [9.17, 15) is 4.79 Å². The number of pyridine rings is 1. The highest BCUT2D eigenvalue weighted by atomic mass is 16.1. The summed E-state index contributed by atoms with van der Waals surface area (Å²) < 4.78 is 1.64. The highest BCUT2D eigenvalue weighted by Gasteiger charge is 2.09. The monoisotopic (exact) mass is 270 g/mol. The van der Waals surface area contributed by atoms with Crippen molar-refractivity contribution in [3.63, 3.8) is 0 Å². The number of aromatic nitrogens is 4. The molecule has 3 N–H and O–H groups in total. The lowest BCUT2D eigenvalue weighted by molar-refractivity contribution is 0.0951. The Morgan fingerprint density at radius 1 is 1.45 bits per heavy atom. The molecule has 0 aliphatic carbocycles. The largest absolute Gasteiger partial charge is 0.350 e. The predicted molar refractivity (Wildman–Crippen MR) is 72.5 cm³/mol. The number of hydrogen-bond donors (Lipinski definition) is 2. The third-order valence-electron chi connectivity index (χ3n) is 2.49. The number of carbonyl (C=O) groups excluding carboxylic acids is 1. The van der Waals surface area contributed by atoms with Gasteiger partial charge in [0.2, 0.25) is 0 Å². The molecule has 2 heterocycles. The summed E-state index contributed by atoms with van der Waals surface area (Å²) in [6.07, 6.45) is 6.43. The lowest BCUT2D eigenvalue weighted by Crippen LogP contribution is -2.28. The van der Waals surface area contributed by atoms with E-state index in [0.29, 0.717) is 24.2 Å². The fraction of sp³-hybridized carbons (Fsp3) is 0.231. The molecule has 0 atom stereocenters. The second kappa shape index (κ2) is 7.01. The normalized spacial score (nSPS) is 9.65. The predicted octanol–water partition coefficient (Wildman–Crippen LogP) is -0.587. The first kappa shape index (κ1) is 13.7. The van der Waals surface area contributed by atoms with Crippen LogP contribution in [-0.4, -0.2) is 39.0 Å². The standard InChI is InChI=1S/C13H14N6O/c14-4-1-2-11-10-15-5-3-12(11)13(20)16-6-8-19-9-7-17-18-19/h3,5,7,9-10H,4,6,8,14H2,(H,16,20). The quantitative estimate of drug-likeness (QED) is 0.724. The molecular weight excluding hydrogens is 256 g/mol. The van der Waals surface area contributed by atoms with Crippen molar-refractivity contribution in [3.8, 4) is 11.8 Å². The van der Waals surface area contributed by atoms with Crippen molar-refractivity contribution in [1.29, 1.82) is 0 Å². The summed E-state index contributed by atoms with van der Waals surface area (Å²) in [5, 5.41) is 10.3. The van der Waals surface area contributed by atoms with E-state index in [2.05, 4.69) is 32.5 Å². The molecule has 2 rings (SSSR count). The Morgan fingerprint density at radius 3 is 3.10 bits per heavy atom. The van der Waals surface area contributed by atoms with E-state index in [0.717, 1.165) is 0 Å². The Kier molecular flexibility index (Phi) is 4.81. The average Bonchev–Trinajstić information content (AvgIpc) is 2.98. The van der Waals surface area contributed by atoms with E-state index < -0.39 is 0 Å². The number of rotatable bonds is 4. The summed E-state index contributed by atoms with van der Waals surface area (Å²) in [6, 6.07) is 1.63.